The van der Waals surface area contributed by atoms with Gasteiger partial charge in [0.2, 0.25) is 0 Å². The van der Waals surface area contributed by atoms with Gasteiger partial charge in [-0.3, -0.25) is 5.32 Å². The lowest BCUT2D eigenvalue weighted by Crippen LogP contribution is -2.31. The Hall–Kier alpha value is -2.07. The third kappa shape index (κ3) is 4.60. The highest BCUT2D eigenvalue weighted by molar-refractivity contribution is 5.89. The van der Waals surface area contributed by atoms with Crippen molar-refractivity contribution in [2.75, 3.05) is 13.7 Å². The second-order valence-corrected chi connectivity index (χ2v) is 3.67. The normalized spacial score (nSPS) is 12.6. The van der Waals surface area contributed by atoms with Gasteiger partial charge in [0.25, 0.3) is 0 Å². The lowest BCUT2D eigenvalue weighted by atomic mass is 10.1. The highest BCUT2D eigenvalue weighted by Crippen LogP contribution is 2.17. The van der Waals surface area contributed by atoms with Crippen molar-refractivity contribution < 1.29 is 22.7 Å². The Bertz CT molecular complexity index is 477. The van der Waals surface area contributed by atoms with Crippen LogP contribution in [0.5, 0.6) is 0 Å². The SMILES string of the molecule is COC(=O)c1ccc(C(C#N)NCC(F)(F)F)cc1. The van der Waals surface area contributed by atoms with E-state index in [-0.39, 0.29) is 5.56 Å². The molecule has 4 nitrogen and oxygen atoms in total. The molecule has 0 saturated heterocycles. The second-order valence-electron chi connectivity index (χ2n) is 3.67. The summed E-state index contributed by atoms with van der Waals surface area (Å²) < 4.78 is 40.6. The molecule has 0 amide bonds. The molecule has 0 spiro atoms. The molecule has 19 heavy (non-hydrogen) atoms. The van der Waals surface area contributed by atoms with E-state index in [1.165, 1.54) is 31.4 Å². The van der Waals surface area contributed by atoms with Gasteiger partial charge in [-0.05, 0) is 17.7 Å². The molecule has 0 saturated carbocycles. The zero-order valence-corrected chi connectivity index (χ0v) is 9.99. The van der Waals surface area contributed by atoms with Crippen LogP contribution in [0.15, 0.2) is 24.3 Å². The van der Waals surface area contributed by atoms with Crippen LogP contribution in [0.1, 0.15) is 22.0 Å². The summed E-state index contributed by atoms with van der Waals surface area (Å²) in [5.74, 6) is -0.552. The zero-order valence-electron chi connectivity index (χ0n) is 9.99. The number of nitrogens with one attached hydrogen (secondary N) is 1. The number of ether oxygens (including phenoxy) is 1. The highest BCUT2D eigenvalue weighted by atomic mass is 19.4. The molecule has 7 heteroatoms. The van der Waals surface area contributed by atoms with Crippen molar-refractivity contribution in [1.29, 1.82) is 5.26 Å². The second kappa shape index (κ2) is 6.20. The molecule has 0 heterocycles. The fraction of sp³-hybridized carbons (Fsp3) is 0.333. The predicted octanol–water partition coefficient (Wildman–Crippen LogP) is 2.19. The molecular weight excluding hydrogens is 261 g/mol. The molecule has 1 aromatic rings. The van der Waals surface area contributed by atoms with Gasteiger partial charge in [0.1, 0.15) is 6.04 Å². The number of carbonyl (C=O) groups excluding carboxylic acids is 1. The molecule has 0 aromatic heterocycles. The molecule has 1 N–H and O–H groups in total. The van der Waals surface area contributed by atoms with Gasteiger partial charge < -0.3 is 4.74 Å². The van der Waals surface area contributed by atoms with Crippen molar-refractivity contribution in [1.82, 2.24) is 5.32 Å². The number of nitrogens with zero attached hydrogens (tertiary/aromatic N) is 1. The van der Waals surface area contributed by atoms with Crippen molar-refractivity contribution in [3.05, 3.63) is 35.4 Å². The first-order valence-electron chi connectivity index (χ1n) is 5.25. The van der Waals surface area contributed by atoms with Crippen LogP contribution in [0.4, 0.5) is 13.2 Å². The van der Waals surface area contributed by atoms with Gasteiger partial charge in [-0.2, -0.15) is 18.4 Å². The summed E-state index contributed by atoms with van der Waals surface area (Å²) in [7, 11) is 1.22. The van der Waals surface area contributed by atoms with E-state index in [0.717, 1.165) is 0 Å². The van der Waals surface area contributed by atoms with Gasteiger partial charge in [0.05, 0.1) is 25.3 Å². The number of esters is 1. The van der Waals surface area contributed by atoms with Crippen molar-refractivity contribution in [3.8, 4) is 6.07 Å². The van der Waals surface area contributed by atoms with Crippen LogP contribution in [0.3, 0.4) is 0 Å². The standard InChI is InChI=1S/C12H11F3N2O2/c1-19-11(18)9-4-2-8(3-5-9)10(6-16)17-7-12(13,14)15/h2-5,10,17H,7H2,1H3. The van der Waals surface area contributed by atoms with Crippen molar-refractivity contribution in [3.63, 3.8) is 0 Å². The van der Waals surface area contributed by atoms with Gasteiger partial charge in [-0.15, -0.1) is 0 Å². The van der Waals surface area contributed by atoms with E-state index in [1.807, 2.05) is 0 Å². The Morgan fingerprint density at radius 2 is 2.00 bits per heavy atom. The molecule has 102 valence electrons. The smallest absolute Gasteiger partial charge is 0.401 e. The molecule has 1 atom stereocenters. The van der Waals surface area contributed by atoms with Gasteiger partial charge >= 0.3 is 12.1 Å². The fourth-order valence-corrected chi connectivity index (χ4v) is 1.39. The summed E-state index contributed by atoms with van der Waals surface area (Å²) in [5.41, 5.74) is 0.609. The largest absolute Gasteiger partial charge is 0.465 e. The summed E-state index contributed by atoms with van der Waals surface area (Å²) >= 11 is 0. The number of nitriles is 1. The summed E-state index contributed by atoms with van der Waals surface area (Å²) in [6.45, 7) is -1.26. The first-order valence-corrected chi connectivity index (χ1v) is 5.25. The fourth-order valence-electron chi connectivity index (χ4n) is 1.39. The van der Waals surface area contributed by atoms with Gasteiger partial charge in [-0.25, -0.2) is 4.79 Å². The van der Waals surface area contributed by atoms with Crippen LogP contribution in [-0.4, -0.2) is 25.8 Å². The maximum atomic E-state index is 12.1. The average molecular weight is 272 g/mol. The molecule has 0 aliphatic carbocycles. The first kappa shape index (κ1) is 15.0. The van der Waals surface area contributed by atoms with Gasteiger partial charge in [0.15, 0.2) is 0 Å². The molecule has 1 unspecified atom stereocenters. The molecule has 1 aromatic carbocycles. The van der Waals surface area contributed by atoms with Crippen LogP contribution in [0.25, 0.3) is 0 Å². The van der Waals surface area contributed by atoms with Crippen LogP contribution < -0.4 is 5.32 Å². The van der Waals surface area contributed by atoms with E-state index in [4.69, 9.17) is 5.26 Å². The van der Waals surface area contributed by atoms with E-state index in [9.17, 15) is 18.0 Å². The Labute approximate surface area is 107 Å². The third-order valence-corrected chi connectivity index (χ3v) is 2.30. The van der Waals surface area contributed by atoms with Crippen LogP contribution in [0, 0.1) is 11.3 Å². The third-order valence-electron chi connectivity index (χ3n) is 2.30. The minimum Gasteiger partial charge on any atom is -0.465 e. The molecule has 0 bridgehead atoms. The molecule has 0 aliphatic heterocycles. The lowest BCUT2D eigenvalue weighted by molar-refractivity contribution is -0.125. The molecule has 1 rings (SSSR count). The number of carbonyl (C=O) groups is 1. The number of benzene rings is 1. The Kier molecular flexibility index (Phi) is 4.89. The maximum Gasteiger partial charge on any atom is 0.401 e. The molecule has 0 fully saturated rings. The summed E-state index contributed by atoms with van der Waals surface area (Å²) in [6, 6.07) is 6.23. The number of methoxy groups -OCH3 is 1. The van der Waals surface area contributed by atoms with E-state index in [2.05, 4.69) is 10.1 Å². The minimum atomic E-state index is -4.39. The molecule has 0 radical (unpaired) electrons. The number of rotatable bonds is 4. The number of alkyl halides is 3. The molecule has 0 aliphatic rings. The highest BCUT2D eigenvalue weighted by Gasteiger charge is 2.28. The van der Waals surface area contributed by atoms with Crippen LogP contribution in [-0.2, 0) is 4.74 Å². The summed E-state index contributed by atoms with van der Waals surface area (Å²) in [4.78, 5) is 11.2. The number of hydrogen-bond acceptors (Lipinski definition) is 4. The minimum absolute atomic E-state index is 0.263. The monoisotopic (exact) mass is 272 g/mol. The number of hydrogen-bond donors (Lipinski definition) is 1. The van der Waals surface area contributed by atoms with Crippen molar-refractivity contribution >= 4 is 5.97 Å². The first-order chi connectivity index (χ1) is 8.87. The Morgan fingerprint density at radius 1 is 1.42 bits per heavy atom. The van der Waals surface area contributed by atoms with E-state index in [0.29, 0.717) is 5.56 Å². The van der Waals surface area contributed by atoms with Crippen LogP contribution >= 0.6 is 0 Å². The Balaban J connectivity index is 2.78. The average Bonchev–Trinajstić information content (AvgIpc) is 2.38. The quantitative estimate of drug-likeness (QED) is 0.853. The van der Waals surface area contributed by atoms with Gasteiger partial charge in [0, 0.05) is 0 Å². The van der Waals surface area contributed by atoms with Gasteiger partial charge in [-0.1, -0.05) is 12.1 Å². The zero-order chi connectivity index (χ0) is 14.5. The van der Waals surface area contributed by atoms with Crippen molar-refractivity contribution in [2.24, 2.45) is 0 Å². The summed E-state index contributed by atoms with van der Waals surface area (Å²) in [6.07, 6.45) is -4.39. The molecular formula is C12H11F3N2O2. The van der Waals surface area contributed by atoms with Crippen molar-refractivity contribution in [2.45, 2.75) is 12.2 Å². The lowest BCUT2D eigenvalue weighted by Gasteiger charge is -2.13. The predicted molar refractivity (Wildman–Crippen MR) is 60.2 cm³/mol. The number of halogens is 3. The summed E-state index contributed by atoms with van der Waals surface area (Å²) in [5, 5.41) is 10.9. The van der Waals surface area contributed by atoms with E-state index < -0.39 is 24.7 Å². The topological polar surface area (TPSA) is 62.1 Å². The van der Waals surface area contributed by atoms with Crippen LogP contribution in [0.2, 0.25) is 0 Å². The van der Waals surface area contributed by atoms with E-state index >= 15 is 0 Å². The van der Waals surface area contributed by atoms with E-state index in [1.54, 1.807) is 6.07 Å². The Morgan fingerprint density at radius 3 is 2.42 bits per heavy atom. The maximum absolute atomic E-state index is 12.1.